The number of halogens is 4. The molecule has 0 aliphatic heterocycles. The fourth-order valence-electron chi connectivity index (χ4n) is 1.34. The molecule has 0 saturated carbocycles. The number of alkyl halides is 3. The number of aromatic nitrogens is 1. The zero-order valence-electron chi connectivity index (χ0n) is 9.11. The Morgan fingerprint density at radius 1 is 1.37 bits per heavy atom. The number of carboxylic acids is 2. The lowest BCUT2D eigenvalue weighted by molar-refractivity contribution is -0.145. The summed E-state index contributed by atoms with van der Waals surface area (Å²) in [5, 5.41) is 16.9. The Hall–Kier alpha value is -1.83. The van der Waals surface area contributed by atoms with E-state index in [4.69, 9.17) is 21.8 Å². The largest absolute Gasteiger partial charge is 0.481 e. The Balaban J connectivity index is 3.19. The van der Waals surface area contributed by atoms with E-state index in [9.17, 15) is 22.8 Å². The van der Waals surface area contributed by atoms with Crippen molar-refractivity contribution in [1.29, 1.82) is 0 Å². The van der Waals surface area contributed by atoms with Crippen molar-refractivity contribution in [3.05, 3.63) is 28.5 Å². The molecule has 2 N–H and O–H groups in total. The van der Waals surface area contributed by atoms with E-state index >= 15 is 0 Å². The summed E-state index contributed by atoms with van der Waals surface area (Å²) in [5.41, 5.74) is -1.55. The molecule has 0 amide bonds. The van der Waals surface area contributed by atoms with Crippen LogP contribution < -0.4 is 0 Å². The van der Waals surface area contributed by atoms with E-state index < -0.39 is 46.7 Å². The number of pyridine rings is 1. The summed E-state index contributed by atoms with van der Waals surface area (Å²) in [7, 11) is 0. The van der Waals surface area contributed by atoms with Gasteiger partial charge in [-0.25, -0.2) is 0 Å². The summed E-state index contributed by atoms with van der Waals surface area (Å²) in [6.07, 6.45) is -5.08. The number of carboxylic acid groups (broad SMARTS) is 2. The minimum absolute atomic E-state index is 0.412. The number of carbonyl (C=O) groups is 2. The van der Waals surface area contributed by atoms with Crippen molar-refractivity contribution in [3.8, 4) is 0 Å². The Morgan fingerprint density at radius 3 is 2.32 bits per heavy atom. The van der Waals surface area contributed by atoms with Crippen molar-refractivity contribution < 1.29 is 33.0 Å². The van der Waals surface area contributed by atoms with Crippen LogP contribution in [-0.4, -0.2) is 27.1 Å². The standard InChI is InChI=1S/C10H7ClF3NO4/c11-6-1-4(10(12,13)14)3-15-8(6)5(9(18)19)2-7(16)17/h1,3,5H,2H2,(H,16,17)(H,18,19)/t5-/m1/s1. The first kappa shape index (κ1) is 15.2. The molecule has 9 heteroatoms. The molecule has 0 spiro atoms. The third-order valence-electron chi connectivity index (χ3n) is 2.20. The second-order valence-corrected chi connectivity index (χ2v) is 3.98. The summed E-state index contributed by atoms with van der Waals surface area (Å²) in [6, 6.07) is 0.516. The van der Waals surface area contributed by atoms with Gasteiger partial charge in [-0.3, -0.25) is 14.6 Å². The Labute approximate surface area is 109 Å². The van der Waals surface area contributed by atoms with Crippen LogP contribution in [0.3, 0.4) is 0 Å². The Morgan fingerprint density at radius 2 is 1.95 bits per heavy atom. The highest BCUT2D eigenvalue weighted by Crippen LogP contribution is 2.33. The molecule has 0 aromatic carbocycles. The average Bonchev–Trinajstić information content (AvgIpc) is 2.24. The predicted octanol–water partition coefficient (Wildman–Crippen LogP) is 2.40. The Kier molecular flexibility index (Phi) is 4.35. The van der Waals surface area contributed by atoms with Crippen LogP contribution in [0, 0.1) is 0 Å². The van der Waals surface area contributed by atoms with Gasteiger partial charge in [-0.1, -0.05) is 11.6 Å². The van der Waals surface area contributed by atoms with Crippen LogP contribution in [-0.2, 0) is 15.8 Å². The van der Waals surface area contributed by atoms with Gasteiger partial charge in [0.05, 0.1) is 22.7 Å². The molecule has 1 atom stereocenters. The van der Waals surface area contributed by atoms with E-state index in [-0.39, 0.29) is 0 Å². The number of nitrogens with zero attached hydrogens (tertiary/aromatic N) is 1. The smallest absolute Gasteiger partial charge is 0.417 e. The lowest BCUT2D eigenvalue weighted by atomic mass is 10.0. The van der Waals surface area contributed by atoms with E-state index in [2.05, 4.69) is 4.98 Å². The number of aliphatic carboxylic acids is 2. The summed E-state index contributed by atoms with van der Waals surface area (Å²) in [6.45, 7) is 0. The van der Waals surface area contributed by atoms with Gasteiger partial charge in [0, 0.05) is 6.20 Å². The highest BCUT2D eigenvalue weighted by Gasteiger charge is 2.33. The first-order chi connectivity index (χ1) is 8.62. The minimum Gasteiger partial charge on any atom is -0.481 e. The van der Waals surface area contributed by atoms with E-state index in [1.165, 1.54) is 0 Å². The van der Waals surface area contributed by atoms with Crippen LogP contribution in [0.1, 0.15) is 23.6 Å². The maximum absolute atomic E-state index is 12.4. The summed E-state index contributed by atoms with van der Waals surface area (Å²) in [5.74, 6) is -4.56. The summed E-state index contributed by atoms with van der Waals surface area (Å²) < 4.78 is 37.1. The number of hydrogen-bond acceptors (Lipinski definition) is 3. The normalized spacial score (nSPS) is 13.1. The van der Waals surface area contributed by atoms with Crippen molar-refractivity contribution >= 4 is 23.5 Å². The molecular weight excluding hydrogens is 291 g/mol. The van der Waals surface area contributed by atoms with E-state index in [0.29, 0.717) is 12.3 Å². The second kappa shape index (κ2) is 5.43. The molecule has 0 saturated heterocycles. The highest BCUT2D eigenvalue weighted by molar-refractivity contribution is 6.31. The number of hydrogen-bond donors (Lipinski definition) is 2. The van der Waals surface area contributed by atoms with Crippen LogP contribution in [0.5, 0.6) is 0 Å². The monoisotopic (exact) mass is 297 g/mol. The topological polar surface area (TPSA) is 87.5 Å². The molecule has 0 aliphatic rings. The zero-order valence-corrected chi connectivity index (χ0v) is 9.87. The first-order valence-corrected chi connectivity index (χ1v) is 5.18. The van der Waals surface area contributed by atoms with Crippen LogP contribution in [0.15, 0.2) is 12.3 Å². The molecule has 0 aliphatic carbocycles. The van der Waals surface area contributed by atoms with Crippen molar-refractivity contribution in [3.63, 3.8) is 0 Å². The van der Waals surface area contributed by atoms with Crippen molar-refractivity contribution in [1.82, 2.24) is 4.98 Å². The summed E-state index contributed by atoms with van der Waals surface area (Å²) >= 11 is 5.54. The van der Waals surface area contributed by atoms with Crippen LogP contribution >= 0.6 is 11.6 Å². The molecule has 5 nitrogen and oxygen atoms in total. The van der Waals surface area contributed by atoms with Crippen molar-refractivity contribution in [2.45, 2.75) is 18.5 Å². The number of rotatable bonds is 4. The van der Waals surface area contributed by atoms with Gasteiger partial charge in [0.2, 0.25) is 0 Å². The lowest BCUT2D eigenvalue weighted by Crippen LogP contribution is -2.18. The molecule has 0 unspecified atom stereocenters. The molecule has 19 heavy (non-hydrogen) atoms. The quantitative estimate of drug-likeness (QED) is 0.891. The van der Waals surface area contributed by atoms with E-state index in [0.717, 1.165) is 0 Å². The molecule has 0 bridgehead atoms. The maximum atomic E-state index is 12.4. The molecular formula is C10H7ClF3NO4. The van der Waals surface area contributed by atoms with Gasteiger partial charge in [-0.15, -0.1) is 0 Å². The molecule has 104 valence electrons. The third kappa shape index (κ3) is 3.82. The van der Waals surface area contributed by atoms with Gasteiger partial charge in [0.1, 0.15) is 5.92 Å². The van der Waals surface area contributed by atoms with E-state index in [1.54, 1.807) is 0 Å². The fourth-order valence-corrected chi connectivity index (χ4v) is 1.63. The lowest BCUT2D eigenvalue weighted by Gasteiger charge is -2.13. The molecule has 1 heterocycles. The van der Waals surface area contributed by atoms with Gasteiger partial charge in [0.15, 0.2) is 0 Å². The van der Waals surface area contributed by atoms with Crippen molar-refractivity contribution in [2.75, 3.05) is 0 Å². The van der Waals surface area contributed by atoms with E-state index in [1.807, 2.05) is 0 Å². The minimum atomic E-state index is -4.67. The zero-order chi connectivity index (χ0) is 14.8. The SMILES string of the molecule is O=C(O)C[C@@H](C(=O)O)c1ncc(C(F)(F)F)cc1Cl. The molecule has 1 aromatic heterocycles. The predicted molar refractivity (Wildman–Crippen MR) is 56.9 cm³/mol. The first-order valence-electron chi connectivity index (χ1n) is 4.80. The second-order valence-electron chi connectivity index (χ2n) is 3.58. The van der Waals surface area contributed by atoms with Crippen LogP contribution in [0.4, 0.5) is 13.2 Å². The van der Waals surface area contributed by atoms with Crippen LogP contribution in [0.25, 0.3) is 0 Å². The van der Waals surface area contributed by atoms with Gasteiger partial charge >= 0.3 is 18.1 Å². The third-order valence-corrected chi connectivity index (χ3v) is 2.51. The highest BCUT2D eigenvalue weighted by atomic mass is 35.5. The Bertz CT molecular complexity index is 518. The van der Waals surface area contributed by atoms with Gasteiger partial charge in [-0.05, 0) is 6.07 Å². The average molecular weight is 298 g/mol. The fraction of sp³-hybridized carbons (Fsp3) is 0.300. The van der Waals surface area contributed by atoms with Gasteiger partial charge in [0.25, 0.3) is 0 Å². The molecule has 0 radical (unpaired) electrons. The van der Waals surface area contributed by atoms with Crippen LogP contribution in [0.2, 0.25) is 5.02 Å². The van der Waals surface area contributed by atoms with Crippen molar-refractivity contribution in [2.24, 2.45) is 0 Å². The maximum Gasteiger partial charge on any atom is 0.417 e. The van der Waals surface area contributed by atoms with Gasteiger partial charge < -0.3 is 10.2 Å². The molecule has 1 rings (SSSR count). The summed E-state index contributed by atoms with van der Waals surface area (Å²) in [4.78, 5) is 24.7. The molecule has 0 fully saturated rings. The molecule has 1 aromatic rings. The van der Waals surface area contributed by atoms with Gasteiger partial charge in [-0.2, -0.15) is 13.2 Å².